The molecule has 0 saturated heterocycles. The normalized spacial score (nSPS) is 10.6. The van der Waals surface area contributed by atoms with Crippen molar-refractivity contribution in [1.29, 1.82) is 0 Å². The predicted octanol–water partition coefficient (Wildman–Crippen LogP) is 4.72. The number of thiophene rings is 1. The smallest absolute Gasteiger partial charge is 0.0641 e. The summed E-state index contributed by atoms with van der Waals surface area (Å²) in [5.74, 6) is 0. The van der Waals surface area contributed by atoms with Crippen LogP contribution in [0.5, 0.6) is 0 Å². The molecule has 0 atom stereocenters. The molecule has 1 nitrogen and oxygen atoms in total. The van der Waals surface area contributed by atoms with Crippen LogP contribution < -0.4 is 5.73 Å². The highest BCUT2D eigenvalue weighted by Crippen LogP contribution is 2.37. The first-order valence-corrected chi connectivity index (χ1v) is 6.38. The standard InChI is InChI=1S/C11H9BrClNS/c1-6-4-8(12)11(15-6)7-2-3-10(14)9(13)5-7/h2-5H,14H2,1H3. The molecule has 2 N–H and O–H groups in total. The van der Waals surface area contributed by atoms with Crippen molar-refractivity contribution < 1.29 is 0 Å². The van der Waals surface area contributed by atoms with Gasteiger partial charge in [-0.3, -0.25) is 0 Å². The second-order valence-electron chi connectivity index (χ2n) is 3.27. The molecule has 0 bridgehead atoms. The summed E-state index contributed by atoms with van der Waals surface area (Å²) in [5.41, 5.74) is 7.38. The van der Waals surface area contributed by atoms with Crippen molar-refractivity contribution in [3.05, 3.63) is 38.6 Å². The number of aryl methyl sites for hydroxylation is 1. The molecule has 0 spiro atoms. The van der Waals surface area contributed by atoms with Gasteiger partial charge in [0.05, 0.1) is 10.7 Å². The summed E-state index contributed by atoms with van der Waals surface area (Å²) >= 11 is 11.3. The van der Waals surface area contributed by atoms with Gasteiger partial charge in [-0.2, -0.15) is 0 Å². The second kappa shape index (κ2) is 4.16. The van der Waals surface area contributed by atoms with E-state index in [0.717, 1.165) is 10.0 Å². The first kappa shape index (κ1) is 11.0. The van der Waals surface area contributed by atoms with Crippen LogP contribution in [0.25, 0.3) is 10.4 Å². The van der Waals surface area contributed by atoms with Crippen LogP contribution in [0, 0.1) is 6.92 Å². The molecule has 0 aliphatic carbocycles. The summed E-state index contributed by atoms with van der Waals surface area (Å²) in [4.78, 5) is 2.46. The van der Waals surface area contributed by atoms with Crippen LogP contribution in [0.15, 0.2) is 28.7 Å². The van der Waals surface area contributed by atoms with E-state index in [0.29, 0.717) is 10.7 Å². The first-order valence-electron chi connectivity index (χ1n) is 4.39. The number of rotatable bonds is 1. The fraction of sp³-hybridized carbons (Fsp3) is 0.0909. The molecule has 1 aromatic heterocycles. The molecule has 0 aliphatic heterocycles. The largest absolute Gasteiger partial charge is 0.398 e. The van der Waals surface area contributed by atoms with Gasteiger partial charge < -0.3 is 5.73 Å². The van der Waals surface area contributed by atoms with Crippen molar-refractivity contribution in [3.63, 3.8) is 0 Å². The Labute approximate surface area is 106 Å². The third-order valence-corrected chi connectivity index (χ3v) is 4.39. The Kier molecular flexibility index (Phi) is 3.05. The van der Waals surface area contributed by atoms with Crippen molar-refractivity contribution in [1.82, 2.24) is 0 Å². The van der Waals surface area contributed by atoms with Crippen LogP contribution in [0.4, 0.5) is 5.69 Å². The van der Waals surface area contributed by atoms with E-state index in [4.69, 9.17) is 17.3 Å². The maximum atomic E-state index is 5.99. The summed E-state index contributed by atoms with van der Waals surface area (Å²) in [5, 5.41) is 0.602. The molecule has 78 valence electrons. The molecule has 1 aromatic carbocycles. The fourth-order valence-electron chi connectivity index (χ4n) is 1.35. The number of hydrogen-bond donors (Lipinski definition) is 1. The highest BCUT2D eigenvalue weighted by Gasteiger charge is 2.08. The molecule has 15 heavy (non-hydrogen) atoms. The third kappa shape index (κ3) is 2.19. The number of anilines is 1. The highest BCUT2D eigenvalue weighted by atomic mass is 79.9. The lowest BCUT2D eigenvalue weighted by Gasteiger charge is -2.02. The molecular weight excluding hydrogens is 294 g/mol. The van der Waals surface area contributed by atoms with Crippen LogP contribution in [0.2, 0.25) is 5.02 Å². The number of benzene rings is 1. The van der Waals surface area contributed by atoms with Gasteiger partial charge in [-0.15, -0.1) is 11.3 Å². The molecule has 0 aliphatic rings. The van der Waals surface area contributed by atoms with Crippen molar-refractivity contribution in [2.75, 3.05) is 5.73 Å². The summed E-state index contributed by atoms with van der Waals surface area (Å²) in [7, 11) is 0. The zero-order chi connectivity index (χ0) is 11.0. The molecule has 0 fully saturated rings. The molecule has 0 amide bonds. The SMILES string of the molecule is Cc1cc(Br)c(-c2ccc(N)c(Cl)c2)s1. The van der Waals surface area contributed by atoms with E-state index in [9.17, 15) is 0 Å². The lowest BCUT2D eigenvalue weighted by molar-refractivity contribution is 1.62. The van der Waals surface area contributed by atoms with Gasteiger partial charge in [0.25, 0.3) is 0 Å². The average Bonchev–Trinajstić information content (AvgIpc) is 2.50. The van der Waals surface area contributed by atoms with Gasteiger partial charge in [0.1, 0.15) is 0 Å². The molecule has 0 radical (unpaired) electrons. The van der Waals surface area contributed by atoms with E-state index in [1.807, 2.05) is 18.2 Å². The zero-order valence-corrected chi connectivity index (χ0v) is 11.2. The van der Waals surface area contributed by atoms with Gasteiger partial charge in [-0.05, 0) is 46.6 Å². The van der Waals surface area contributed by atoms with Crippen molar-refractivity contribution in [2.24, 2.45) is 0 Å². The third-order valence-electron chi connectivity index (χ3n) is 2.07. The Morgan fingerprint density at radius 1 is 1.33 bits per heavy atom. The Bertz CT molecular complexity index is 507. The molecule has 2 rings (SSSR count). The molecule has 2 aromatic rings. The van der Waals surface area contributed by atoms with E-state index < -0.39 is 0 Å². The molecule has 1 heterocycles. The number of nitrogens with two attached hydrogens (primary N) is 1. The number of hydrogen-bond acceptors (Lipinski definition) is 2. The predicted molar refractivity (Wildman–Crippen MR) is 71.6 cm³/mol. The average molecular weight is 303 g/mol. The number of halogens is 2. The summed E-state index contributed by atoms with van der Waals surface area (Å²) in [6.07, 6.45) is 0. The van der Waals surface area contributed by atoms with Crippen molar-refractivity contribution in [2.45, 2.75) is 6.92 Å². The Balaban J connectivity index is 2.54. The van der Waals surface area contributed by atoms with Gasteiger partial charge in [-0.25, -0.2) is 0 Å². The summed E-state index contributed by atoms with van der Waals surface area (Å²) < 4.78 is 1.10. The Morgan fingerprint density at radius 2 is 2.07 bits per heavy atom. The number of nitrogen functional groups attached to an aromatic ring is 1. The van der Waals surface area contributed by atoms with E-state index >= 15 is 0 Å². The van der Waals surface area contributed by atoms with Gasteiger partial charge in [0.2, 0.25) is 0 Å². The van der Waals surface area contributed by atoms with Crippen LogP contribution in [0.1, 0.15) is 4.88 Å². The van der Waals surface area contributed by atoms with Crippen LogP contribution in [-0.2, 0) is 0 Å². The summed E-state index contributed by atoms with van der Waals surface area (Å²) in [6, 6.07) is 7.81. The van der Waals surface area contributed by atoms with E-state index in [2.05, 4.69) is 28.9 Å². The minimum absolute atomic E-state index is 0.602. The van der Waals surface area contributed by atoms with Crippen LogP contribution in [-0.4, -0.2) is 0 Å². The lowest BCUT2D eigenvalue weighted by atomic mass is 10.2. The zero-order valence-electron chi connectivity index (χ0n) is 8.05. The maximum Gasteiger partial charge on any atom is 0.0641 e. The lowest BCUT2D eigenvalue weighted by Crippen LogP contribution is -1.85. The highest BCUT2D eigenvalue weighted by molar-refractivity contribution is 9.10. The van der Waals surface area contributed by atoms with Gasteiger partial charge in [-0.1, -0.05) is 17.7 Å². The molecule has 0 saturated carbocycles. The molecule has 0 unspecified atom stereocenters. The van der Waals surface area contributed by atoms with Crippen LogP contribution >= 0.6 is 38.9 Å². The van der Waals surface area contributed by atoms with E-state index in [1.165, 1.54) is 9.75 Å². The molecular formula is C11H9BrClNS. The van der Waals surface area contributed by atoms with Gasteiger partial charge in [0.15, 0.2) is 0 Å². The quantitative estimate of drug-likeness (QED) is 0.758. The van der Waals surface area contributed by atoms with E-state index in [1.54, 1.807) is 11.3 Å². The maximum absolute atomic E-state index is 5.99. The topological polar surface area (TPSA) is 26.0 Å². The Hall–Kier alpha value is -0.510. The Morgan fingerprint density at radius 3 is 2.60 bits per heavy atom. The minimum atomic E-state index is 0.602. The fourth-order valence-corrected chi connectivity index (χ4v) is 3.40. The van der Waals surface area contributed by atoms with E-state index in [-0.39, 0.29) is 0 Å². The second-order valence-corrected chi connectivity index (χ2v) is 5.79. The monoisotopic (exact) mass is 301 g/mol. The first-order chi connectivity index (χ1) is 7.08. The van der Waals surface area contributed by atoms with Crippen LogP contribution in [0.3, 0.4) is 0 Å². The summed E-state index contributed by atoms with van der Waals surface area (Å²) in [6.45, 7) is 2.08. The van der Waals surface area contributed by atoms with Crippen molar-refractivity contribution in [3.8, 4) is 10.4 Å². The van der Waals surface area contributed by atoms with Crippen molar-refractivity contribution >= 4 is 44.6 Å². The van der Waals surface area contributed by atoms with Gasteiger partial charge in [0, 0.05) is 14.2 Å². The van der Waals surface area contributed by atoms with Gasteiger partial charge >= 0.3 is 0 Å². The minimum Gasteiger partial charge on any atom is -0.398 e. The molecule has 4 heteroatoms.